The second-order valence-electron chi connectivity index (χ2n) is 5.75. The normalized spacial score (nSPS) is 10.2. The first-order chi connectivity index (χ1) is 12.7. The van der Waals surface area contributed by atoms with Crippen LogP contribution in [0.5, 0.6) is 5.75 Å². The number of nitrogens with zero attached hydrogens (tertiary/aromatic N) is 2. The van der Waals surface area contributed by atoms with Crippen molar-refractivity contribution in [3.05, 3.63) is 47.7 Å². The maximum atomic E-state index is 12.1. The highest BCUT2D eigenvalue weighted by Crippen LogP contribution is 2.22. The van der Waals surface area contributed by atoms with E-state index in [1.807, 2.05) is 12.1 Å². The highest BCUT2D eigenvalue weighted by atomic mass is 32.2. The van der Waals surface area contributed by atoms with Crippen LogP contribution >= 0.6 is 11.8 Å². The first kappa shape index (κ1) is 19.8. The molecule has 0 unspecified atom stereocenters. The van der Waals surface area contributed by atoms with Gasteiger partial charge in [0, 0.05) is 23.6 Å². The molecule has 0 aliphatic rings. The summed E-state index contributed by atoms with van der Waals surface area (Å²) in [5.41, 5.74) is 2.29. The molecule has 1 aromatic heterocycles. The molecule has 2 rings (SSSR count). The van der Waals surface area contributed by atoms with Gasteiger partial charge in [-0.15, -0.1) is 11.8 Å². The van der Waals surface area contributed by atoms with Gasteiger partial charge < -0.3 is 10.1 Å². The Kier molecular flexibility index (Phi) is 7.97. The topological polar surface area (TPSA) is 75.0 Å². The van der Waals surface area contributed by atoms with E-state index in [1.54, 1.807) is 31.4 Å². The highest BCUT2D eigenvalue weighted by Gasteiger charge is 2.09. The van der Waals surface area contributed by atoms with E-state index in [0.717, 1.165) is 36.4 Å². The number of amides is 1. The number of nitrogens with one attached hydrogen (secondary N) is 1. The Bertz CT molecular complexity index is 770. The van der Waals surface area contributed by atoms with Gasteiger partial charge in [-0.05, 0) is 49.2 Å². The molecular formula is C20H23N3O2S. The van der Waals surface area contributed by atoms with Gasteiger partial charge in [-0.3, -0.25) is 4.79 Å². The zero-order valence-corrected chi connectivity index (χ0v) is 15.9. The van der Waals surface area contributed by atoms with Crippen molar-refractivity contribution in [1.82, 2.24) is 4.98 Å². The van der Waals surface area contributed by atoms with Gasteiger partial charge in [0.2, 0.25) is 5.91 Å². The number of carbonyl (C=O) groups is 1. The predicted octanol–water partition coefficient (Wildman–Crippen LogP) is 4.43. The average Bonchev–Trinajstić information content (AvgIpc) is 2.67. The molecule has 0 aliphatic heterocycles. The van der Waals surface area contributed by atoms with Crippen molar-refractivity contribution in [2.75, 3.05) is 18.2 Å². The van der Waals surface area contributed by atoms with Gasteiger partial charge in [0.1, 0.15) is 16.8 Å². The number of anilines is 1. The SMILES string of the molecule is CCCCc1ccc(C#N)c(SCCC(=O)Nc2ccc(OC)cc2)n1. The summed E-state index contributed by atoms with van der Waals surface area (Å²) in [6.07, 6.45) is 3.44. The largest absolute Gasteiger partial charge is 0.497 e. The average molecular weight is 369 g/mol. The monoisotopic (exact) mass is 369 g/mol. The lowest BCUT2D eigenvalue weighted by Crippen LogP contribution is -2.12. The summed E-state index contributed by atoms with van der Waals surface area (Å²) in [5, 5.41) is 12.8. The number of thioether (sulfide) groups is 1. The molecular weight excluding hydrogens is 346 g/mol. The Morgan fingerprint density at radius 2 is 2.04 bits per heavy atom. The molecule has 6 heteroatoms. The van der Waals surface area contributed by atoms with Crippen molar-refractivity contribution in [2.45, 2.75) is 37.6 Å². The maximum absolute atomic E-state index is 12.1. The number of rotatable bonds is 9. The number of aryl methyl sites for hydroxylation is 1. The molecule has 1 aromatic carbocycles. The van der Waals surface area contributed by atoms with Crippen molar-refractivity contribution in [2.24, 2.45) is 0 Å². The molecule has 0 saturated heterocycles. The molecule has 0 aliphatic carbocycles. The van der Waals surface area contributed by atoms with Crippen molar-refractivity contribution in [3.63, 3.8) is 0 Å². The zero-order chi connectivity index (χ0) is 18.8. The highest BCUT2D eigenvalue weighted by molar-refractivity contribution is 7.99. The van der Waals surface area contributed by atoms with E-state index in [-0.39, 0.29) is 5.91 Å². The van der Waals surface area contributed by atoms with Crippen molar-refractivity contribution in [1.29, 1.82) is 5.26 Å². The lowest BCUT2D eigenvalue weighted by molar-refractivity contribution is -0.115. The molecule has 1 N–H and O–H groups in total. The van der Waals surface area contributed by atoms with Gasteiger partial charge in [-0.1, -0.05) is 13.3 Å². The third-order valence-electron chi connectivity index (χ3n) is 3.77. The fraction of sp³-hybridized carbons (Fsp3) is 0.350. The van der Waals surface area contributed by atoms with E-state index < -0.39 is 0 Å². The van der Waals surface area contributed by atoms with Crippen LogP contribution in [0, 0.1) is 11.3 Å². The zero-order valence-electron chi connectivity index (χ0n) is 15.1. The summed E-state index contributed by atoms with van der Waals surface area (Å²) in [7, 11) is 1.60. The number of nitriles is 1. The number of carbonyl (C=O) groups excluding carboxylic acids is 1. The first-order valence-electron chi connectivity index (χ1n) is 8.63. The van der Waals surface area contributed by atoms with Gasteiger partial charge in [0.05, 0.1) is 12.7 Å². The standard InChI is InChI=1S/C20H23N3O2S/c1-3-4-5-16-7-6-15(14-21)20(23-16)26-13-12-19(24)22-17-8-10-18(25-2)11-9-17/h6-11H,3-5,12-13H2,1-2H3,(H,22,24). The van der Waals surface area contributed by atoms with E-state index in [0.29, 0.717) is 22.8 Å². The van der Waals surface area contributed by atoms with Gasteiger partial charge in [-0.2, -0.15) is 5.26 Å². The van der Waals surface area contributed by atoms with Crippen molar-refractivity contribution >= 4 is 23.4 Å². The molecule has 0 fully saturated rings. The lowest BCUT2D eigenvalue weighted by atomic mass is 10.2. The number of aromatic nitrogens is 1. The summed E-state index contributed by atoms with van der Waals surface area (Å²) in [5.74, 6) is 1.25. The van der Waals surface area contributed by atoms with E-state index in [4.69, 9.17) is 4.74 Å². The van der Waals surface area contributed by atoms with E-state index in [1.165, 1.54) is 11.8 Å². The van der Waals surface area contributed by atoms with Gasteiger partial charge in [0.15, 0.2) is 0 Å². The van der Waals surface area contributed by atoms with E-state index >= 15 is 0 Å². The number of hydrogen-bond acceptors (Lipinski definition) is 5. The Balaban J connectivity index is 1.87. The Morgan fingerprint density at radius 1 is 1.27 bits per heavy atom. The maximum Gasteiger partial charge on any atom is 0.225 e. The number of benzene rings is 1. The Hall–Kier alpha value is -2.52. The second-order valence-corrected chi connectivity index (χ2v) is 6.83. The second kappa shape index (κ2) is 10.5. The number of methoxy groups -OCH3 is 1. The van der Waals surface area contributed by atoms with Crippen LogP contribution in [0.4, 0.5) is 5.69 Å². The number of pyridine rings is 1. The third-order valence-corrected chi connectivity index (χ3v) is 4.76. The molecule has 0 spiro atoms. The van der Waals surface area contributed by atoms with Crippen LogP contribution in [0.2, 0.25) is 0 Å². The quantitative estimate of drug-likeness (QED) is 0.662. The summed E-state index contributed by atoms with van der Waals surface area (Å²) >= 11 is 1.45. The number of ether oxygens (including phenoxy) is 1. The molecule has 136 valence electrons. The van der Waals surface area contributed by atoms with Crippen molar-refractivity contribution < 1.29 is 9.53 Å². The van der Waals surface area contributed by atoms with Crippen molar-refractivity contribution in [3.8, 4) is 11.8 Å². The fourth-order valence-electron chi connectivity index (χ4n) is 2.31. The van der Waals surface area contributed by atoms with Crippen LogP contribution < -0.4 is 10.1 Å². The van der Waals surface area contributed by atoms with Gasteiger partial charge in [-0.25, -0.2) is 4.98 Å². The van der Waals surface area contributed by atoms with Crippen LogP contribution in [-0.4, -0.2) is 23.8 Å². The molecule has 1 amide bonds. The van der Waals surface area contributed by atoms with Crippen LogP contribution in [0.1, 0.15) is 37.4 Å². The molecule has 0 atom stereocenters. The molecule has 1 heterocycles. The van der Waals surface area contributed by atoms with E-state index in [9.17, 15) is 10.1 Å². The smallest absolute Gasteiger partial charge is 0.225 e. The molecule has 0 radical (unpaired) electrons. The minimum absolute atomic E-state index is 0.0664. The fourth-order valence-corrected chi connectivity index (χ4v) is 3.24. The molecule has 0 bridgehead atoms. The van der Waals surface area contributed by atoms with E-state index in [2.05, 4.69) is 23.3 Å². The first-order valence-corrected chi connectivity index (χ1v) is 9.61. The molecule has 26 heavy (non-hydrogen) atoms. The Labute approximate surface area is 158 Å². The number of hydrogen-bond donors (Lipinski definition) is 1. The summed E-state index contributed by atoms with van der Waals surface area (Å²) in [4.78, 5) is 16.7. The van der Waals surface area contributed by atoms with Crippen LogP contribution in [0.3, 0.4) is 0 Å². The van der Waals surface area contributed by atoms with Crippen LogP contribution in [0.15, 0.2) is 41.4 Å². The van der Waals surface area contributed by atoms with Crippen LogP contribution in [-0.2, 0) is 11.2 Å². The summed E-state index contributed by atoms with van der Waals surface area (Å²) in [6, 6.07) is 13.1. The number of unbranched alkanes of at least 4 members (excludes halogenated alkanes) is 1. The summed E-state index contributed by atoms with van der Waals surface area (Å²) in [6.45, 7) is 2.14. The van der Waals surface area contributed by atoms with Gasteiger partial charge >= 0.3 is 0 Å². The van der Waals surface area contributed by atoms with Gasteiger partial charge in [0.25, 0.3) is 0 Å². The minimum Gasteiger partial charge on any atom is -0.497 e. The molecule has 0 saturated carbocycles. The minimum atomic E-state index is -0.0664. The molecule has 5 nitrogen and oxygen atoms in total. The summed E-state index contributed by atoms with van der Waals surface area (Å²) < 4.78 is 5.09. The third kappa shape index (κ3) is 6.08. The molecule has 2 aromatic rings. The van der Waals surface area contributed by atoms with Crippen LogP contribution in [0.25, 0.3) is 0 Å². The predicted molar refractivity (Wildman–Crippen MR) is 105 cm³/mol. The lowest BCUT2D eigenvalue weighted by Gasteiger charge is -2.08. The Morgan fingerprint density at radius 3 is 2.69 bits per heavy atom.